The van der Waals surface area contributed by atoms with E-state index in [1.165, 1.54) is 0 Å². The van der Waals surface area contributed by atoms with E-state index in [-0.39, 0.29) is 0 Å². The summed E-state index contributed by atoms with van der Waals surface area (Å²) in [7, 11) is 3.53. The Morgan fingerprint density at radius 3 is 2.89 bits per heavy atom. The maximum atomic E-state index is 5.98. The van der Waals surface area contributed by atoms with E-state index in [0.717, 1.165) is 22.3 Å². The van der Waals surface area contributed by atoms with Gasteiger partial charge in [-0.3, -0.25) is 4.68 Å². The largest absolute Gasteiger partial charge is 0.497 e. The molecule has 0 aliphatic rings. The normalized spacial score (nSPS) is 11.1. The fraction of sp³-hybridized carbons (Fsp3) is 0.231. The zero-order valence-corrected chi connectivity index (χ0v) is 10.9. The number of nitrogen functional groups attached to an aromatic ring is 1. The van der Waals surface area contributed by atoms with Crippen LogP contribution in [-0.2, 0) is 13.6 Å². The van der Waals surface area contributed by atoms with Gasteiger partial charge in [-0.25, -0.2) is 4.98 Å². The number of hydrogen-bond acceptors (Lipinski definition) is 4. The van der Waals surface area contributed by atoms with Crippen molar-refractivity contribution in [1.29, 1.82) is 0 Å². The summed E-state index contributed by atoms with van der Waals surface area (Å²) < 4.78 is 8.93. The minimum absolute atomic E-state index is 0.493. The molecule has 3 aromatic rings. The molecular weight excluding hydrogens is 242 g/mol. The summed E-state index contributed by atoms with van der Waals surface area (Å²) in [6, 6.07) is 5.75. The van der Waals surface area contributed by atoms with Crippen molar-refractivity contribution < 1.29 is 4.74 Å². The first-order valence-electron chi connectivity index (χ1n) is 5.94. The molecule has 0 unspecified atom stereocenters. The van der Waals surface area contributed by atoms with Gasteiger partial charge in [0, 0.05) is 24.9 Å². The number of nitrogens with zero attached hydrogens (tertiary/aromatic N) is 4. The number of anilines is 1. The fourth-order valence-electron chi connectivity index (χ4n) is 2.16. The molecule has 0 amide bonds. The molecule has 0 spiro atoms. The summed E-state index contributed by atoms with van der Waals surface area (Å²) in [6.07, 6.45) is 3.80. The predicted octanol–water partition coefficient (Wildman–Crippen LogP) is 1.41. The highest BCUT2D eigenvalue weighted by Gasteiger charge is 2.10. The van der Waals surface area contributed by atoms with Gasteiger partial charge in [0.25, 0.3) is 0 Å². The molecule has 0 saturated carbocycles. The van der Waals surface area contributed by atoms with Gasteiger partial charge < -0.3 is 15.0 Å². The summed E-state index contributed by atoms with van der Waals surface area (Å²) in [5, 5.41) is 4.16. The number of hydrogen-bond donors (Lipinski definition) is 1. The van der Waals surface area contributed by atoms with Crippen LogP contribution in [0.4, 0.5) is 5.95 Å². The second-order valence-corrected chi connectivity index (χ2v) is 4.43. The topological polar surface area (TPSA) is 70.9 Å². The lowest BCUT2D eigenvalue weighted by molar-refractivity contribution is 0.415. The number of nitrogens with two attached hydrogens (primary N) is 1. The number of methoxy groups -OCH3 is 1. The molecule has 6 heteroatoms. The summed E-state index contributed by atoms with van der Waals surface area (Å²) in [5.41, 5.74) is 8.89. The third-order valence-corrected chi connectivity index (χ3v) is 3.08. The molecule has 98 valence electrons. The smallest absolute Gasteiger partial charge is 0.201 e. The van der Waals surface area contributed by atoms with Crippen molar-refractivity contribution in [3.8, 4) is 5.75 Å². The predicted molar refractivity (Wildman–Crippen MR) is 73.0 cm³/mol. The maximum absolute atomic E-state index is 5.98. The monoisotopic (exact) mass is 257 g/mol. The van der Waals surface area contributed by atoms with Gasteiger partial charge in [-0.15, -0.1) is 0 Å². The average molecular weight is 257 g/mol. The van der Waals surface area contributed by atoms with Crippen LogP contribution in [0.5, 0.6) is 5.75 Å². The van der Waals surface area contributed by atoms with Crippen LogP contribution in [0.2, 0.25) is 0 Å². The molecule has 0 radical (unpaired) electrons. The van der Waals surface area contributed by atoms with Gasteiger partial charge >= 0.3 is 0 Å². The van der Waals surface area contributed by atoms with Crippen LogP contribution >= 0.6 is 0 Å². The fourth-order valence-corrected chi connectivity index (χ4v) is 2.16. The van der Waals surface area contributed by atoms with Crippen molar-refractivity contribution in [2.75, 3.05) is 12.8 Å². The second kappa shape index (κ2) is 4.31. The molecule has 0 fully saturated rings. The van der Waals surface area contributed by atoms with E-state index in [4.69, 9.17) is 10.5 Å². The first-order valence-corrected chi connectivity index (χ1v) is 5.94. The number of benzene rings is 1. The Morgan fingerprint density at radius 1 is 1.37 bits per heavy atom. The molecule has 0 atom stereocenters. The summed E-state index contributed by atoms with van der Waals surface area (Å²) >= 11 is 0. The van der Waals surface area contributed by atoms with Crippen molar-refractivity contribution in [2.24, 2.45) is 7.05 Å². The van der Waals surface area contributed by atoms with Gasteiger partial charge in [-0.05, 0) is 12.1 Å². The van der Waals surface area contributed by atoms with Crippen LogP contribution in [0.15, 0.2) is 30.6 Å². The molecule has 2 heterocycles. The van der Waals surface area contributed by atoms with Gasteiger partial charge in [0.05, 0.1) is 30.9 Å². The lowest BCUT2D eigenvalue weighted by Gasteiger charge is -2.04. The molecular formula is C13H15N5O. The zero-order valence-electron chi connectivity index (χ0n) is 10.9. The van der Waals surface area contributed by atoms with Crippen LogP contribution in [0.1, 0.15) is 5.56 Å². The number of ether oxygens (including phenoxy) is 1. The van der Waals surface area contributed by atoms with E-state index in [0.29, 0.717) is 12.5 Å². The Morgan fingerprint density at radius 2 is 2.21 bits per heavy atom. The Labute approximate surface area is 110 Å². The molecule has 2 N–H and O–H groups in total. The Balaban J connectivity index is 2.05. The SMILES string of the molecule is COc1ccc2c(c1)nc(N)n2Cc1cnn(C)c1. The number of aryl methyl sites for hydroxylation is 1. The third-order valence-electron chi connectivity index (χ3n) is 3.08. The summed E-state index contributed by atoms with van der Waals surface area (Å²) in [6.45, 7) is 0.655. The molecule has 19 heavy (non-hydrogen) atoms. The van der Waals surface area contributed by atoms with E-state index in [1.807, 2.05) is 42.2 Å². The third kappa shape index (κ3) is 2.01. The van der Waals surface area contributed by atoms with E-state index in [2.05, 4.69) is 10.1 Å². The molecule has 6 nitrogen and oxygen atoms in total. The zero-order chi connectivity index (χ0) is 13.4. The maximum Gasteiger partial charge on any atom is 0.201 e. The first kappa shape index (κ1) is 11.6. The van der Waals surface area contributed by atoms with Crippen LogP contribution in [0, 0.1) is 0 Å². The Bertz CT molecular complexity index is 728. The van der Waals surface area contributed by atoms with Crippen LogP contribution in [0.3, 0.4) is 0 Å². The molecule has 0 aliphatic carbocycles. The first-order chi connectivity index (χ1) is 9.17. The van der Waals surface area contributed by atoms with Crippen molar-refractivity contribution >= 4 is 17.0 Å². The Kier molecular flexibility index (Phi) is 2.63. The standard InChI is InChI=1S/C13H15N5O/c1-17-7-9(6-15-17)8-18-12-4-3-10(19-2)5-11(12)16-13(18)14/h3-7H,8H2,1-2H3,(H2,14,16). The number of aromatic nitrogens is 4. The molecule has 0 saturated heterocycles. The van der Waals surface area contributed by atoms with E-state index >= 15 is 0 Å². The second-order valence-electron chi connectivity index (χ2n) is 4.43. The number of fused-ring (bicyclic) bond motifs is 1. The van der Waals surface area contributed by atoms with Crippen LogP contribution < -0.4 is 10.5 Å². The van der Waals surface area contributed by atoms with E-state index < -0.39 is 0 Å². The van der Waals surface area contributed by atoms with Gasteiger partial charge in [-0.2, -0.15) is 5.10 Å². The molecule has 3 rings (SSSR count). The van der Waals surface area contributed by atoms with Crippen LogP contribution in [-0.4, -0.2) is 26.4 Å². The minimum atomic E-state index is 0.493. The van der Waals surface area contributed by atoms with Crippen molar-refractivity contribution in [1.82, 2.24) is 19.3 Å². The molecule has 1 aromatic carbocycles. The highest BCUT2D eigenvalue weighted by atomic mass is 16.5. The van der Waals surface area contributed by atoms with E-state index in [9.17, 15) is 0 Å². The van der Waals surface area contributed by atoms with Crippen molar-refractivity contribution in [2.45, 2.75) is 6.54 Å². The van der Waals surface area contributed by atoms with Crippen LogP contribution in [0.25, 0.3) is 11.0 Å². The minimum Gasteiger partial charge on any atom is -0.497 e. The average Bonchev–Trinajstić information content (AvgIpc) is 2.94. The quantitative estimate of drug-likeness (QED) is 0.770. The molecule has 2 aromatic heterocycles. The lowest BCUT2D eigenvalue weighted by Crippen LogP contribution is -2.03. The summed E-state index contributed by atoms with van der Waals surface area (Å²) in [5.74, 6) is 1.27. The highest BCUT2D eigenvalue weighted by molar-refractivity contribution is 5.80. The Hall–Kier alpha value is -2.50. The van der Waals surface area contributed by atoms with Gasteiger partial charge in [0.2, 0.25) is 5.95 Å². The van der Waals surface area contributed by atoms with E-state index in [1.54, 1.807) is 11.8 Å². The number of imidazole rings is 1. The van der Waals surface area contributed by atoms with Gasteiger partial charge in [0.15, 0.2) is 0 Å². The summed E-state index contributed by atoms with van der Waals surface area (Å²) in [4.78, 5) is 4.36. The molecule has 0 aliphatic heterocycles. The van der Waals surface area contributed by atoms with Gasteiger partial charge in [0.1, 0.15) is 5.75 Å². The van der Waals surface area contributed by atoms with Crippen molar-refractivity contribution in [3.05, 3.63) is 36.2 Å². The van der Waals surface area contributed by atoms with Gasteiger partial charge in [-0.1, -0.05) is 0 Å². The molecule has 0 bridgehead atoms. The highest BCUT2D eigenvalue weighted by Crippen LogP contribution is 2.23. The lowest BCUT2D eigenvalue weighted by atomic mass is 10.3. The van der Waals surface area contributed by atoms with Crippen molar-refractivity contribution in [3.63, 3.8) is 0 Å². The number of rotatable bonds is 3.